The minimum Gasteiger partial charge on any atom is -0.390 e. The minimum atomic E-state index is -4.50. The molecule has 9 heteroatoms. The van der Waals surface area contributed by atoms with E-state index in [2.05, 4.69) is 4.52 Å². The van der Waals surface area contributed by atoms with E-state index in [9.17, 15) is 9.67 Å². The van der Waals surface area contributed by atoms with E-state index in [0.29, 0.717) is 6.42 Å². The van der Waals surface area contributed by atoms with Crippen LogP contribution in [0.15, 0.2) is 0 Å². The molecule has 1 saturated heterocycles. The molecule has 0 aliphatic carbocycles. The molecule has 85 valence electrons. The molecule has 1 fully saturated rings. The van der Waals surface area contributed by atoms with Gasteiger partial charge in [-0.2, -0.15) is 0 Å². The fourth-order valence-electron chi connectivity index (χ4n) is 1.22. The monoisotopic (exact) mass is 250 g/mol. The number of phosphoric acid groups is 1. The zero-order chi connectivity index (χ0) is 10.8. The van der Waals surface area contributed by atoms with Crippen molar-refractivity contribution in [3.05, 3.63) is 0 Å². The van der Waals surface area contributed by atoms with Gasteiger partial charge in [-0.15, -0.1) is 0 Å². The first-order chi connectivity index (χ1) is 6.38. The van der Waals surface area contributed by atoms with E-state index in [0.717, 1.165) is 0 Å². The number of hydrogen-bond acceptors (Lipinski definition) is 5. The Balaban J connectivity index is 0.00000196. The average molecular weight is 250 g/mol. The quantitative estimate of drug-likeness (QED) is 0.344. The van der Waals surface area contributed by atoms with Crippen LogP contribution in [0.2, 0.25) is 0 Å². The number of nitrogens with two attached hydrogens (primary N) is 1. The maximum atomic E-state index is 10.4. The summed E-state index contributed by atoms with van der Waals surface area (Å²) in [6.07, 6.45) is -1.22. The third-order valence-corrected chi connectivity index (χ3v) is 2.39. The van der Waals surface area contributed by atoms with Crippen molar-refractivity contribution in [2.75, 3.05) is 13.2 Å². The van der Waals surface area contributed by atoms with Crippen molar-refractivity contribution in [3.8, 4) is 0 Å². The zero-order valence-corrected chi connectivity index (χ0v) is 11.3. The van der Waals surface area contributed by atoms with Gasteiger partial charge in [-0.25, -0.2) is 4.57 Å². The summed E-state index contributed by atoms with van der Waals surface area (Å²) < 4.78 is 19.6. The molecule has 0 aromatic heterocycles. The predicted octanol–water partition coefficient (Wildman–Crippen LogP) is -1.81. The van der Waals surface area contributed by atoms with Gasteiger partial charge in [-0.1, -0.05) is 0 Å². The molecule has 0 unspecified atom stereocenters. The fourth-order valence-corrected chi connectivity index (χ4v) is 1.56. The SMILES string of the molecule is N[C@@H]1CO[C@H](COP(=O)(O)O)[C@@H](O)C1.[Na]. The maximum absolute atomic E-state index is 10.4. The molecule has 3 atom stereocenters. The number of rotatable bonds is 3. The Morgan fingerprint density at radius 1 is 1.53 bits per heavy atom. The summed E-state index contributed by atoms with van der Waals surface area (Å²) >= 11 is 0. The average Bonchev–Trinajstić information content (AvgIpc) is 2.00. The van der Waals surface area contributed by atoms with Crippen LogP contribution < -0.4 is 5.73 Å². The Hall–Kier alpha value is 0.990. The third kappa shape index (κ3) is 6.33. The Morgan fingerprint density at radius 2 is 2.13 bits per heavy atom. The Labute approximate surface area is 109 Å². The number of ether oxygens (including phenoxy) is 1. The van der Waals surface area contributed by atoms with Crippen LogP contribution in [0.3, 0.4) is 0 Å². The standard InChI is InChI=1S/C6H14NO6P.Na/c7-4-1-5(8)6(12-2-4)3-13-14(9,10)11;/h4-6,8H,1-3,7H2,(H2,9,10,11);/t4-,5-,6+;/m0./s1. The van der Waals surface area contributed by atoms with Crippen molar-refractivity contribution >= 4 is 37.4 Å². The van der Waals surface area contributed by atoms with Crippen molar-refractivity contribution in [2.24, 2.45) is 5.73 Å². The van der Waals surface area contributed by atoms with Crippen LogP contribution >= 0.6 is 7.82 Å². The normalized spacial score (nSPS) is 32.1. The molecule has 1 aliphatic rings. The molecule has 15 heavy (non-hydrogen) atoms. The summed E-state index contributed by atoms with van der Waals surface area (Å²) in [7, 11) is -4.50. The second-order valence-corrected chi connectivity index (χ2v) is 4.46. The van der Waals surface area contributed by atoms with Crippen molar-refractivity contribution in [3.63, 3.8) is 0 Å². The molecule has 0 saturated carbocycles. The molecule has 5 N–H and O–H groups in total. The predicted molar refractivity (Wildman–Crippen MR) is 52.1 cm³/mol. The summed E-state index contributed by atoms with van der Waals surface area (Å²) in [6, 6.07) is -0.240. The van der Waals surface area contributed by atoms with Gasteiger partial charge in [0.25, 0.3) is 0 Å². The van der Waals surface area contributed by atoms with Crippen LogP contribution in [0.5, 0.6) is 0 Å². The van der Waals surface area contributed by atoms with Gasteiger partial charge < -0.3 is 25.4 Å². The van der Waals surface area contributed by atoms with E-state index < -0.39 is 20.0 Å². The summed E-state index contributed by atoms with van der Waals surface area (Å²) in [5, 5.41) is 9.40. The second-order valence-electron chi connectivity index (χ2n) is 3.22. The minimum absolute atomic E-state index is 0. The molecule has 0 aromatic rings. The van der Waals surface area contributed by atoms with Gasteiger partial charge in [-0.3, -0.25) is 4.52 Å². The molecular formula is C6H14NNaO6P. The van der Waals surface area contributed by atoms with Crippen molar-refractivity contribution in [1.82, 2.24) is 0 Å². The van der Waals surface area contributed by atoms with Gasteiger partial charge in [0.2, 0.25) is 0 Å². The molecule has 7 nitrogen and oxygen atoms in total. The Bertz CT molecular complexity index is 236. The van der Waals surface area contributed by atoms with Crippen molar-refractivity contribution < 1.29 is 28.7 Å². The second kappa shape index (κ2) is 6.66. The van der Waals surface area contributed by atoms with Gasteiger partial charge in [0.1, 0.15) is 6.10 Å². The molecule has 0 aromatic carbocycles. The van der Waals surface area contributed by atoms with E-state index in [4.69, 9.17) is 20.3 Å². The number of phosphoric ester groups is 1. The first-order valence-corrected chi connectivity index (χ1v) is 5.67. The van der Waals surface area contributed by atoms with Crippen molar-refractivity contribution in [1.29, 1.82) is 0 Å². The number of aliphatic hydroxyl groups is 1. The van der Waals surface area contributed by atoms with Gasteiger partial charge in [0.15, 0.2) is 0 Å². The molecule has 1 heterocycles. The summed E-state index contributed by atoms with van der Waals surface area (Å²) in [6.45, 7) is -0.0790. The van der Waals surface area contributed by atoms with E-state index in [1.165, 1.54) is 0 Å². The Kier molecular flexibility index (Phi) is 7.10. The zero-order valence-electron chi connectivity index (χ0n) is 8.44. The molecule has 1 rings (SSSR count). The number of aliphatic hydroxyl groups excluding tert-OH is 1. The largest absolute Gasteiger partial charge is 0.469 e. The fraction of sp³-hybridized carbons (Fsp3) is 1.00. The Morgan fingerprint density at radius 3 is 2.60 bits per heavy atom. The van der Waals surface area contributed by atoms with E-state index in [1.807, 2.05) is 0 Å². The smallest absolute Gasteiger partial charge is 0.390 e. The van der Waals surface area contributed by atoms with E-state index >= 15 is 0 Å². The van der Waals surface area contributed by atoms with Crippen LogP contribution in [0, 0.1) is 0 Å². The van der Waals surface area contributed by atoms with Gasteiger partial charge >= 0.3 is 7.82 Å². The molecule has 0 bridgehead atoms. The van der Waals surface area contributed by atoms with E-state index in [1.54, 1.807) is 0 Å². The van der Waals surface area contributed by atoms with Gasteiger partial charge in [-0.05, 0) is 6.42 Å². The van der Waals surface area contributed by atoms with Crippen LogP contribution in [0.4, 0.5) is 0 Å². The molecular weight excluding hydrogens is 236 g/mol. The summed E-state index contributed by atoms with van der Waals surface area (Å²) in [4.78, 5) is 16.8. The van der Waals surface area contributed by atoms with Crippen LogP contribution in [0.25, 0.3) is 0 Å². The van der Waals surface area contributed by atoms with Crippen LogP contribution in [-0.4, -0.2) is 75.9 Å². The molecule has 0 spiro atoms. The van der Waals surface area contributed by atoms with Crippen molar-refractivity contribution in [2.45, 2.75) is 24.7 Å². The first-order valence-electron chi connectivity index (χ1n) is 4.14. The molecule has 1 radical (unpaired) electrons. The maximum Gasteiger partial charge on any atom is 0.469 e. The third-order valence-electron chi connectivity index (χ3n) is 1.90. The van der Waals surface area contributed by atoms with Gasteiger partial charge in [0, 0.05) is 35.6 Å². The molecule has 1 aliphatic heterocycles. The first kappa shape index (κ1) is 16.0. The summed E-state index contributed by atoms with van der Waals surface area (Å²) in [5.74, 6) is 0. The van der Waals surface area contributed by atoms with Gasteiger partial charge in [0.05, 0.1) is 19.3 Å². The number of hydrogen-bond donors (Lipinski definition) is 4. The molecule has 0 amide bonds. The van der Waals surface area contributed by atoms with Crippen LogP contribution in [0.1, 0.15) is 6.42 Å². The van der Waals surface area contributed by atoms with Crippen LogP contribution in [-0.2, 0) is 13.8 Å². The summed E-state index contributed by atoms with van der Waals surface area (Å²) in [5.41, 5.74) is 5.49. The van der Waals surface area contributed by atoms with E-state index in [-0.39, 0.29) is 48.8 Å². The topological polar surface area (TPSA) is 122 Å².